The molecular formula is C9H8F2N2O2. The number of hydrogen-bond donors (Lipinski definition) is 1. The lowest BCUT2D eigenvalue weighted by Crippen LogP contribution is -2.43. The van der Waals surface area contributed by atoms with Crippen molar-refractivity contribution in [3.63, 3.8) is 0 Å². The standard InChI is InChI=1S/C9H8F2N2O2/c10-9(11)5-13(8(14)15)4-6-2-1-3-12-7(6)9/h1-3H,4-5H2,(H,14,15). The predicted molar refractivity (Wildman–Crippen MR) is 46.6 cm³/mol. The average Bonchev–Trinajstić information content (AvgIpc) is 2.16. The molecule has 1 aromatic heterocycles. The van der Waals surface area contributed by atoms with Gasteiger partial charge in [0, 0.05) is 6.20 Å². The molecular weight excluding hydrogens is 206 g/mol. The molecule has 2 heterocycles. The van der Waals surface area contributed by atoms with E-state index >= 15 is 0 Å². The summed E-state index contributed by atoms with van der Waals surface area (Å²) in [5.41, 5.74) is -0.0568. The lowest BCUT2D eigenvalue weighted by atomic mass is 10.0. The van der Waals surface area contributed by atoms with Crippen molar-refractivity contribution in [1.82, 2.24) is 9.88 Å². The second-order valence-corrected chi connectivity index (χ2v) is 3.35. The number of hydrogen-bond acceptors (Lipinski definition) is 2. The molecule has 2 rings (SSSR count). The largest absolute Gasteiger partial charge is 0.465 e. The normalized spacial score (nSPS) is 18.4. The van der Waals surface area contributed by atoms with Gasteiger partial charge in [-0.3, -0.25) is 9.88 Å². The maximum Gasteiger partial charge on any atom is 0.407 e. The van der Waals surface area contributed by atoms with E-state index in [4.69, 9.17) is 5.11 Å². The Hall–Kier alpha value is -1.72. The summed E-state index contributed by atoms with van der Waals surface area (Å²) in [6.07, 6.45) is -0.0624. The van der Waals surface area contributed by atoms with Crippen LogP contribution in [0.25, 0.3) is 0 Å². The second-order valence-electron chi connectivity index (χ2n) is 3.35. The first-order valence-electron chi connectivity index (χ1n) is 4.31. The summed E-state index contributed by atoms with van der Waals surface area (Å²) < 4.78 is 26.9. The minimum absolute atomic E-state index is 0.0336. The topological polar surface area (TPSA) is 53.4 Å². The lowest BCUT2D eigenvalue weighted by Gasteiger charge is -2.31. The highest BCUT2D eigenvalue weighted by Crippen LogP contribution is 2.34. The van der Waals surface area contributed by atoms with Gasteiger partial charge in [-0.15, -0.1) is 0 Å². The third kappa shape index (κ3) is 1.62. The van der Waals surface area contributed by atoms with E-state index in [1.807, 2.05) is 0 Å². The Morgan fingerprint density at radius 1 is 1.60 bits per heavy atom. The molecule has 6 heteroatoms. The van der Waals surface area contributed by atoms with Crippen LogP contribution in [0.5, 0.6) is 0 Å². The Morgan fingerprint density at radius 2 is 2.33 bits per heavy atom. The van der Waals surface area contributed by atoms with Crippen molar-refractivity contribution in [2.24, 2.45) is 0 Å². The van der Waals surface area contributed by atoms with Crippen LogP contribution in [0.2, 0.25) is 0 Å². The highest BCUT2D eigenvalue weighted by atomic mass is 19.3. The Balaban J connectivity index is 2.43. The predicted octanol–water partition coefficient (Wildman–Crippen LogP) is 1.67. The Labute approximate surface area is 84.2 Å². The summed E-state index contributed by atoms with van der Waals surface area (Å²) in [4.78, 5) is 14.9. The number of halogens is 2. The van der Waals surface area contributed by atoms with E-state index in [1.54, 1.807) is 0 Å². The van der Waals surface area contributed by atoms with Gasteiger partial charge < -0.3 is 5.11 Å². The zero-order valence-corrected chi connectivity index (χ0v) is 7.65. The molecule has 1 N–H and O–H groups in total. The zero-order chi connectivity index (χ0) is 11.1. The zero-order valence-electron chi connectivity index (χ0n) is 7.65. The first kappa shape index (κ1) is 9.82. The van der Waals surface area contributed by atoms with Crippen LogP contribution in [-0.2, 0) is 12.5 Å². The van der Waals surface area contributed by atoms with Crippen molar-refractivity contribution in [3.8, 4) is 0 Å². The van der Waals surface area contributed by atoms with E-state index in [1.165, 1.54) is 18.3 Å². The van der Waals surface area contributed by atoms with Crippen LogP contribution in [-0.4, -0.2) is 27.6 Å². The smallest absolute Gasteiger partial charge is 0.407 e. The van der Waals surface area contributed by atoms with Crippen LogP contribution in [0.4, 0.5) is 13.6 Å². The number of fused-ring (bicyclic) bond motifs is 1. The molecule has 4 nitrogen and oxygen atoms in total. The number of aromatic nitrogens is 1. The van der Waals surface area contributed by atoms with Gasteiger partial charge in [-0.05, 0) is 11.6 Å². The number of amides is 1. The maximum absolute atomic E-state index is 13.4. The fourth-order valence-corrected chi connectivity index (χ4v) is 1.61. The van der Waals surface area contributed by atoms with Gasteiger partial charge >= 0.3 is 12.0 Å². The van der Waals surface area contributed by atoms with E-state index < -0.39 is 18.6 Å². The molecule has 0 unspecified atom stereocenters. The molecule has 0 aromatic carbocycles. The first-order chi connectivity index (χ1) is 7.00. The molecule has 1 amide bonds. The van der Waals surface area contributed by atoms with Gasteiger partial charge in [0.1, 0.15) is 5.69 Å². The minimum atomic E-state index is -3.20. The summed E-state index contributed by atoms with van der Waals surface area (Å²) in [6, 6.07) is 2.98. The number of nitrogens with zero attached hydrogens (tertiary/aromatic N) is 2. The summed E-state index contributed by atoms with van der Waals surface area (Å²) in [6.45, 7) is -0.861. The molecule has 1 aromatic rings. The molecule has 0 bridgehead atoms. The fraction of sp³-hybridized carbons (Fsp3) is 0.333. The molecule has 0 radical (unpaired) electrons. The molecule has 0 aliphatic carbocycles. The average molecular weight is 214 g/mol. The van der Waals surface area contributed by atoms with Crippen LogP contribution >= 0.6 is 0 Å². The quantitative estimate of drug-likeness (QED) is 0.714. The van der Waals surface area contributed by atoms with Gasteiger partial charge in [0.15, 0.2) is 0 Å². The van der Waals surface area contributed by atoms with E-state index in [2.05, 4.69) is 4.98 Å². The second kappa shape index (κ2) is 3.15. The van der Waals surface area contributed by atoms with Gasteiger partial charge in [0.05, 0.1) is 13.1 Å². The van der Waals surface area contributed by atoms with Crippen molar-refractivity contribution in [2.75, 3.05) is 6.54 Å². The van der Waals surface area contributed by atoms with E-state index in [0.717, 1.165) is 0 Å². The van der Waals surface area contributed by atoms with E-state index in [9.17, 15) is 13.6 Å². The van der Waals surface area contributed by atoms with Gasteiger partial charge in [-0.25, -0.2) is 4.79 Å². The Bertz CT molecular complexity index is 409. The van der Waals surface area contributed by atoms with Crippen molar-refractivity contribution < 1.29 is 18.7 Å². The highest BCUT2D eigenvalue weighted by Gasteiger charge is 2.43. The van der Waals surface area contributed by atoms with Crippen molar-refractivity contribution in [1.29, 1.82) is 0 Å². The third-order valence-electron chi connectivity index (χ3n) is 2.26. The van der Waals surface area contributed by atoms with Crippen LogP contribution in [0.15, 0.2) is 18.3 Å². The van der Waals surface area contributed by atoms with Gasteiger partial charge in [-0.2, -0.15) is 8.78 Å². The van der Waals surface area contributed by atoms with Crippen molar-refractivity contribution >= 4 is 6.09 Å². The van der Waals surface area contributed by atoms with Gasteiger partial charge in [0.2, 0.25) is 0 Å². The molecule has 0 fully saturated rings. The third-order valence-corrected chi connectivity index (χ3v) is 2.26. The molecule has 1 aliphatic rings. The number of carboxylic acid groups (broad SMARTS) is 1. The van der Waals surface area contributed by atoms with Crippen LogP contribution < -0.4 is 0 Å². The lowest BCUT2D eigenvalue weighted by molar-refractivity contribution is -0.0503. The number of pyridine rings is 1. The summed E-state index contributed by atoms with van der Waals surface area (Å²) in [7, 11) is 0. The molecule has 15 heavy (non-hydrogen) atoms. The Morgan fingerprint density at radius 3 is 3.00 bits per heavy atom. The maximum atomic E-state index is 13.4. The summed E-state index contributed by atoms with van der Waals surface area (Å²) >= 11 is 0. The molecule has 1 aliphatic heterocycles. The van der Waals surface area contributed by atoms with Crippen LogP contribution in [0.3, 0.4) is 0 Å². The number of carbonyl (C=O) groups is 1. The summed E-state index contributed by atoms with van der Waals surface area (Å²) in [5, 5.41) is 8.67. The first-order valence-corrected chi connectivity index (χ1v) is 4.31. The minimum Gasteiger partial charge on any atom is -0.465 e. The fourth-order valence-electron chi connectivity index (χ4n) is 1.61. The molecule has 0 saturated carbocycles. The van der Waals surface area contributed by atoms with Gasteiger partial charge in [0.25, 0.3) is 0 Å². The molecule has 0 atom stereocenters. The number of alkyl halides is 2. The molecule has 80 valence electrons. The van der Waals surface area contributed by atoms with Crippen molar-refractivity contribution in [2.45, 2.75) is 12.5 Å². The number of rotatable bonds is 0. The summed E-state index contributed by atoms with van der Waals surface area (Å²) in [5.74, 6) is -3.20. The highest BCUT2D eigenvalue weighted by molar-refractivity contribution is 5.65. The van der Waals surface area contributed by atoms with Gasteiger partial charge in [-0.1, -0.05) is 6.07 Å². The molecule has 0 saturated heterocycles. The van der Waals surface area contributed by atoms with Crippen molar-refractivity contribution in [3.05, 3.63) is 29.6 Å². The monoisotopic (exact) mass is 214 g/mol. The van der Waals surface area contributed by atoms with E-state index in [-0.39, 0.29) is 17.8 Å². The SMILES string of the molecule is O=C(O)N1Cc2cccnc2C(F)(F)C1. The van der Waals surface area contributed by atoms with Crippen LogP contribution in [0.1, 0.15) is 11.3 Å². The Kier molecular flexibility index (Phi) is 2.06. The molecule has 0 spiro atoms. The van der Waals surface area contributed by atoms with E-state index in [0.29, 0.717) is 4.90 Å². The van der Waals surface area contributed by atoms with Crippen LogP contribution in [0, 0.1) is 0 Å².